The van der Waals surface area contributed by atoms with Crippen molar-refractivity contribution < 1.29 is 4.39 Å². The van der Waals surface area contributed by atoms with Crippen LogP contribution >= 0.6 is 11.8 Å². The molecule has 0 unspecified atom stereocenters. The first kappa shape index (κ1) is 16.6. The number of halogens is 1. The number of hydrogen-bond donors (Lipinski definition) is 2. The number of nitrogens with zero attached hydrogens (tertiary/aromatic N) is 2. The zero-order valence-corrected chi connectivity index (χ0v) is 14.9. The SMILES string of the molecule is C[C@@]1(c2cc(Nc3nccc4ccccc34)ccc2F)C=CSC(N)=N1. The maximum Gasteiger partial charge on any atom is 0.159 e. The molecule has 1 aliphatic heterocycles. The summed E-state index contributed by atoms with van der Waals surface area (Å²) in [6.45, 7) is 1.84. The van der Waals surface area contributed by atoms with Crippen molar-refractivity contribution in [3.8, 4) is 0 Å². The Morgan fingerprint density at radius 3 is 2.85 bits per heavy atom. The third-order valence-electron chi connectivity index (χ3n) is 4.37. The van der Waals surface area contributed by atoms with Crippen LogP contribution in [0.15, 0.2) is 71.2 Å². The van der Waals surface area contributed by atoms with Crippen LogP contribution in [0, 0.1) is 5.82 Å². The maximum absolute atomic E-state index is 14.5. The molecule has 4 rings (SSSR count). The molecule has 1 aromatic heterocycles. The highest BCUT2D eigenvalue weighted by atomic mass is 32.2. The van der Waals surface area contributed by atoms with Crippen LogP contribution < -0.4 is 11.1 Å². The molecule has 1 atom stereocenters. The van der Waals surface area contributed by atoms with Crippen LogP contribution in [-0.2, 0) is 5.54 Å². The molecule has 0 amide bonds. The van der Waals surface area contributed by atoms with E-state index in [1.54, 1.807) is 18.3 Å². The summed E-state index contributed by atoms with van der Waals surface area (Å²) in [6, 6.07) is 14.8. The molecule has 3 aromatic rings. The second kappa shape index (κ2) is 6.46. The molecule has 0 saturated carbocycles. The number of anilines is 2. The normalized spacial score (nSPS) is 19.4. The van der Waals surface area contributed by atoms with Gasteiger partial charge in [0, 0.05) is 22.8 Å². The van der Waals surface area contributed by atoms with Gasteiger partial charge in [-0.05, 0) is 48.1 Å². The zero-order valence-electron chi connectivity index (χ0n) is 14.1. The van der Waals surface area contributed by atoms with Crippen LogP contribution in [-0.4, -0.2) is 10.2 Å². The first-order valence-electron chi connectivity index (χ1n) is 8.16. The number of aromatic nitrogens is 1. The maximum atomic E-state index is 14.5. The summed E-state index contributed by atoms with van der Waals surface area (Å²) in [5.74, 6) is 0.403. The van der Waals surface area contributed by atoms with Gasteiger partial charge in [0.2, 0.25) is 0 Å². The van der Waals surface area contributed by atoms with E-state index in [4.69, 9.17) is 5.73 Å². The quantitative estimate of drug-likeness (QED) is 0.693. The van der Waals surface area contributed by atoms with Gasteiger partial charge >= 0.3 is 0 Å². The molecule has 3 N–H and O–H groups in total. The molecule has 1 aliphatic rings. The van der Waals surface area contributed by atoms with Gasteiger partial charge in [-0.2, -0.15) is 0 Å². The number of benzene rings is 2. The number of nitrogens with two attached hydrogens (primary N) is 1. The van der Waals surface area contributed by atoms with E-state index in [9.17, 15) is 4.39 Å². The first-order valence-corrected chi connectivity index (χ1v) is 9.04. The van der Waals surface area contributed by atoms with Crippen molar-refractivity contribution in [1.29, 1.82) is 0 Å². The largest absolute Gasteiger partial charge is 0.378 e. The first-order chi connectivity index (χ1) is 12.5. The van der Waals surface area contributed by atoms with Gasteiger partial charge in [-0.3, -0.25) is 0 Å². The van der Waals surface area contributed by atoms with Gasteiger partial charge in [0.05, 0.1) is 0 Å². The van der Waals surface area contributed by atoms with Gasteiger partial charge in [0.1, 0.15) is 17.2 Å². The highest BCUT2D eigenvalue weighted by molar-refractivity contribution is 8.16. The molecule has 130 valence electrons. The van der Waals surface area contributed by atoms with Crippen LogP contribution in [0.4, 0.5) is 15.9 Å². The fourth-order valence-electron chi connectivity index (χ4n) is 3.03. The van der Waals surface area contributed by atoms with Crippen LogP contribution in [0.25, 0.3) is 10.8 Å². The van der Waals surface area contributed by atoms with Crippen molar-refractivity contribution >= 4 is 39.2 Å². The van der Waals surface area contributed by atoms with Crippen molar-refractivity contribution in [2.75, 3.05) is 5.32 Å². The van der Waals surface area contributed by atoms with E-state index < -0.39 is 5.54 Å². The molecule has 0 aliphatic carbocycles. The van der Waals surface area contributed by atoms with Crippen molar-refractivity contribution in [3.05, 3.63) is 77.6 Å². The Morgan fingerprint density at radius 2 is 2.00 bits per heavy atom. The Hall–Kier alpha value is -2.86. The molecule has 0 radical (unpaired) electrons. The minimum Gasteiger partial charge on any atom is -0.378 e. The van der Waals surface area contributed by atoms with E-state index in [-0.39, 0.29) is 5.82 Å². The third-order valence-corrected chi connectivity index (χ3v) is 4.98. The van der Waals surface area contributed by atoms with E-state index >= 15 is 0 Å². The lowest BCUT2D eigenvalue weighted by molar-refractivity contribution is 0.546. The van der Waals surface area contributed by atoms with Crippen LogP contribution in [0.2, 0.25) is 0 Å². The van der Waals surface area contributed by atoms with Crippen molar-refractivity contribution in [2.45, 2.75) is 12.5 Å². The Kier molecular flexibility index (Phi) is 4.12. The molecular formula is C20H17FN4S. The summed E-state index contributed by atoms with van der Waals surface area (Å²) in [7, 11) is 0. The van der Waals surface area contributed by atoms with Crippen LogP contribution in [0.3, 0.4) is 0 Å². The van der Waals surface area contributed by atoms with Gasteiger partial charge in [0.25, 0.3) is 0 Å². The highest BCUT2D eigenvalue weighted by Crippen LogP contribution is 2.36. The monoisotopic (exact) mass is 364 g/mol. The fourth-order valence-corrected chi connectivity index (χ4v) is 3.74. The Balaban J connectivity index is 1.75. The molecule has 0 fully saturated rings. The van der Waals surface area contributed by atoms with Crippen molar-refractivity contribution in [2.24, 2.45) is 10.7 Å². The number of aliphatic imine (C=N–C) groups is 1. The van der Waals surface area contributed by atoms with Gasteiger partial charge in [-0.1, -0.05) is 36.0 Å². The lowest BCUT2D eigenvalue weighted by Gasteiger charge is -2.26. The topological polar surface area (TPSA) is 63.3 Å². The van der Waals surface area contributed by atoms with Crippen molar-refractivity contribution in [1.82, 2.24) is 4.98 Å². The van der Waals surface area contributed by atoms with Crippen molar-refractivity contribution in [3.63, 3.8) is 0 Å². The predicted molar refractivity (Wildman–Crippen MR) is 107 cm³/mol. The summed E-state index contributed by atoms with van der Waals surface area (Å²) < 4.78 is 14.5. The molecular weight excluding hydrogens is 347 g/mol. The summed E-state index contributed by atoms with van der Waals surface area (Å²) >= 11 is 1.33. The lowest BCUT2D eigenvalue weighted by Crippen LogP contribution is -2.24. The Bertz CT molecular complexity index is 1040. The smallest absolute Gasteiger partial charge is 0.159 e. The second-order valence-electron chi connectivity index (χ2n) is 6.22. The van der Waals surface area contributed by atoms with Crippen LogP contribution in [0.1, 0.15) is 12.5 Å². The van der Waals surface area contributed by atoms with E-state index in [1.165, 1.54) is 17.8 Å². The van der Waals surface area contributed by atoms with Gasteiger partial charge in [-0.15, -0.1) is 0 Å². The number of fused-ring (bicyclic) bond motifs is 1. The highest BCUT2D eigenvalue weighted by Gasteiger charge is 2.29. The molecule has 4 nitrogen and oxygen atoms in total. The number of rotatable bonds is 3. The molecule has 0 spiro atoms. The molecule has 2 heterocycles. The van der Waals surface area contributed by atoms with E-state index in [1.807, 2.05) is 48.7 Å². The number of thioether (sulfide) groups is 1. The molecule has 0 bridgehead atoms. The minimum absolute atomic E-state index is 0.322. The number of nitrogens with one attached hydrogen (secondary N) is 1. The summed E-state index contributed by atoms with van der Waals surface area (Å²) in [4.78, 5) is 8.86. The summed E-state index contributed by atoms with van der Waals surface area (Å²) in [5.41, 5.74) is 6.21. The predicted octanol–water partition coefficient (Wildman–Crippen LogP) is 4.91. The van der Waals surface area contributed by atoms with Crippen LogP contribution in [0.5, 0.6) is 0 Å². The molecule has 6 heteroatoms. The zero-order chi connectivity index (χ0) is 18.1. The van der Waals surface area contributed by atoms with Gasteiger partial charge in [0.15, 0.2) is 5.17 Å². The van der Waals surface area contributed by atoms with E-state index in [0.29, 0.717) is 10.7 Å². The summed E-state index contributed by atoms with van der Waals surface area (Å²) in [5, 5.41) is 7.65. The molecule has 26 heavy (non-hydrogen) atoms. The Labute approximate surface area is 155 Å². The van der Waals surface area contributed by atoms with Gasteiger partial charge < -0.3 is 11.1 Å². The number of amidine groups is 1. The van der Waals surface area contributed by atoms with E-state index in [0.717, 1.165) is 22.3 Å². The average Bonchev–Trinajstić information content (AvgIpc) is 2.63. The second-order valence-corrected chi connectivity index (χ2v) is 7.14. The Morgan fingerprint density at radius 1 is 1.15 bits per heavy atom. The van der Waals surface area contributed by atoms with Gasteiger partial charge in [-0.25, -0.2) is 14.4 Å². The molecule has 0 saturated heterocycles. The third kappa shape index (κ3) is 3.04. The lowest BCUT2D eigenvalue weighted by atomic mass is 9.92. The number of pyridine rings is 1. The summed E-state index contributed by atoms with van der Waals surface area (Å²) in [6.07, 6.45) is 3.61. The van der Waals surface area contributed by atoms with E-state index in [2.05, 4.69) is 15.3 Å². The fraction of sp³-hybridized carbons (Fsp3) is 0.100. The average molecular weight is 364 g/mol. The standard InChI is InChI=1S/C20H17FN4S/c1-20(9-11-26-19(22)25-20)16-12-14(6-7-17(16)21)24-18-15-5-3-2-4-13(15)8-10-23-18/h2-12H,1H3,(H2,22,25)(H,23,24)/t20-/m0/s1. The minimum atomic E-state index is -0.830. The molecule has 2 aromatic carbocycles. The number of hydrogen-bond acceptors (Lipinski definition) is 5.